The first-order chi connectivity index (χ1) is 12.6. The van der Waals surface area contributed by atoms with Gasteiger partial charge in [0, 0.05) is 50.0 Å². The molecule has 0 aliphatic carbocycles. The summed E-state index contributed by atoms with van der Waals surface area (Å²) in [6.45, 7) is 4.63. The van der Waals surface area contributed by atoms with Crippen molar-refractivity contribution in [2.24, 2.45) is 13.0 Å². The van der Waals surface area contributed by atoms with E-state index in [4.69, 9.17) is 0 Å². The maximum absolute atomic E-state index is 11.1. The molecule has 1 atom stereocenters. The fourth-order valence-electron chi connectivity index (χ4n) is 3.74. The molecule has 0 bridgehead atoms. The number of anilines is 1. The maximum atomic E-state index is 11.1. The lowest BCUT2D eigenvalue weighted by Crippen LogP contribution is -2.20. The Hall–Kier alpha value is -1.90. The van der Waals surface area contributed by atoms with Crippen LogP contribution < -0.4 is 5.32 Å². The van der Waals surface area contributed by atoms with E-state index in [0.717, 1.165) is 31.6 Å². The second-order valence-corrected chi connectivity index (χ2v) is 8.12. The van der Waals surface area contributed by atoms with Crippen molar-refractivity contribution in [2.75, 3.05) is 18.4 Å². The number of nitrogens with zero attached hydrogens (tertiary/aromatic N) is 4. The number of nitrogens with one attached hydrogen (secondary N) is 1. The number of hydrogen-bond donors (Lipinski definition) is 1. The predicted octanol–water partition coefficient (Wildman–Crippen LogP) is 3.17. The summed E-state index contributed by atoms with van der Waals surface area (Å²) in [6.07, 6.45) is 6.03. The highest BCUT2D eigenvalue weighted by Crippen LogP contribution is 2.27. The van der Waals surface area contributed by atoms with E-state index in [9.17, 15) is 4.79 Å². The Morgan fingerprint density at radius 2 is 2.26 bits per heavy atom. The Morgan fingerprint density at radius 1 is 1.41 bits per heavy atom. The highest BCUT2D eigenvalue weighted by Gasteiger charge is 2.24. The van der Waals surface area contributed by atoms with Gasteiger partial charge in [0.15, 0.2) is 5.13 Å². The lowest BCUT2D eigenvalue weighted by molar-refractivity contribution is -0.114. The molecule has 1 aliphatic heterocycles. The van der Waals surface area contributed by atoms with Gasteiger partial charge in [-0.15, -0.1) is 11.3 Å². The van der Waals surface area contributed by atoms with Crippen LogP contribution in [-0.2, 0) is 24.8 Å². The van der Waals surface area contributed by atoms with Crippen molar-refractivity contribution in [1.82, 2.24) is 19.4 Å². The molecule has 0 unspecified atom stereocenters. The van der Waals surface area contributed by atoms with Gasteiger partial charge in [-0.2, -0.15) is 13.5 Å². The summed E-state index contributed by atoms with van der Waals surface area (Å²) in [5, 5.41) is 3.44. The molecule has 0 radical (unpaired) electrons. The molecular formula is C19H25N5OS2. The highest BCUT2D eigenvalue weighted by molar-refractivity contribution is 7.59. The number of likely N-dealkylation sites (tertiary alicyclic amines) is 1. The number of rotatable bonds is 5. The van der Waals surface area contributed by atoms with Crippen LogP contribution in [-0.4, -0.2) is 38.4 Å². The Bertz CT molecular complexity index is 935. The summed E-state index contributed by atoms with van der Waals surface area (Å²) in [7, 11) is 2.13. The zero-order valence-corrected chi connectivity index (χ0v) is 17.4. The number of aryl methyl sites for hydroxylation is 1. The maximum Gasteiger partial charge on any atom is 0.223 e. The minimum atomic E-state index is -0.0726. The second-order valence-electron chi connectivity index (χ2n) is 7.01. The van der Waals surface area contributed by atoms with Crippen molar-refractivity contribution >= 4 is 46.9 Å². The molecule has 27 heavy (non-hydrogen) atoms. The van der Waals surface area contributed by atoms with Crippen LogP contribution in [0.1, 0.15) is 23.9 Å². The lowest BCUT2D eigenvalue weighted by Gasteiger charge is -2.15. The number of amides is 1. The van der Waals surface area contributed by atoms with Gasteiger partial charge >= 0.3 is 0 Å². The molecular weight excluding hydrogens is 378 g/mol. The van der Waals surface area contributed by atoms with Crippen molar-refractivity contribution in [1.29, 1.82) is 0 Å². The van der Waals surface area contributed by atoms with Gasteiger partial charge in [0.25, 0.3) is 0 Å². The van der Waals surface area contributed by atoms with Crippen LogP contribution in [0.5, 0.6) is 0 Å². The molecule has 1 amide bonds. The number of thiazole rings is 1. The molecule has 3 aromatic heterocycles. The fraction of sp³-hybridized carbons (Fsp3) is 0.421. The third-order valence-corrected chi connectivity index (χ3v) is 5.89. The van der Waals surface area contributed by atoms with E-state index >= 15 is 0 Å². The number of carbonyl (C=O) groups is 1. The van der Waals surface area contributed by atoms with Crippen LogP contribution in [0.3, 0.4) is 0 Å². The standard InChI is InChI=1S/C19H23N5OS.H2S/c1-13(25)22-19-21-10-16(26-19)12-24-7-5-14(11-24)8-15-9-17-18(23(15)2)4-3-6-20-17;/h3-4,6,9-10,14H,5,7-8,11-12H2,1-2H3,(H,21,22,25);1H2/t14-;/m0./s1. The monoisotopic (exact) mass is 403 g/mol. The minimum Gasteiger partial charge on any atom is -0.346 e. The molecule has 4 heterocycles. The van der Waals surface area contributed by atoms with E-state index in [-0.39, 0.29) is 19.4 Å². The smallest absolute Gasteiger partial charge is 0.223 e. The van der Waals surface area contributed by atoms with Crippen molar-refractivity contribution in [3.05, 3.63) is 41.2 Å². The predicted molar refractivity (Wildman–Crippen MR) is 115 cm³/mol. The first-order valence-corrected chi connectivity index (χ1v) is 9.74. The number of hydrogen-bond acceptors (Lipinski definition) is 5. The summed E-state index contributed by atoms with van der Waals surface area (Å²) in [5.41, 5.74) is 3.64. The van der Waals surface area contributed by atoms with Gasteiger partial charge in [0.2, 0.25) is 5.91 Å². The topological polar surface area (TPSA) is 63.1 Å². The zero-order chi connectivity index (χ0) is 18.1. The molecule has 8 heteroatoms. The molecule has 144 valence electrons. The average Bonchev–Trinajstić information content (AvgIpc) is 3.30. The fourth-order valence-corrected chi connectivity index (χ4v) is 4.64. The van der Waals surface area contributed by atoms with Crippen molar-refractivity contribution in [2.45, 2.75) is 26.3 Å². The normalized spacial score (nSPS) is 17.2. The third kappa shape index (κ3) is 4.51. The first-order valence-electron chi connectivity index (χ1n) is 8.92. The van der Waals surface area contributed by atoms with Crippen LogP contribution in [0, 0.1) is 5.92 Å². The SMILES string of the molecule is CC(=O)Nc1ncc(CN2CC[C@@H](Cc3cc4ncccc4n3C)C2)s1.S. The Labute approximate surface area is 170 Å². The van der Waals surface area contributed by atoms with Gasteiger partial charge in [0.05, 0.1) is 11.0 Å². The van der Waals surface area contributed by atoms with Gasteiger partial charge in [0.1, 0.15) is 0 Å². The van der Waals surface area contributed by atoms with Crippen molar-refractivity contribution < 1.29 is 4.79 Å². The molecule has 1 N–H and O–H groups in total. The largest absolute Gasteiger partial charge is 0.346 e. The molecule has 1 saturated heterocycles. The zero-order valence-electron chi connectivity index (χ0n) is 15.6. The molecule has 0 spiro atoms. The number of pyridine rings is 1. The van der Waals surface area contributed by atoms with Crippen LogP contribution in [0.25, 0.3) is 11.0 Å². The van der Waals surface area contributed by atoms with Crippen molar-refractivity contribution in [3.8, 4) is 0 Å². The van der Waals surface area contributed by atoms with Crippen LogP contribution in [0.15, 0.2) is 30.6 Å². The summed E-state index contributed by atoms with van der Waals surface area (Å²) in [4.78, 5) is 23.5. The van der Waals surface area contributed by atoms with E-state index in [1.807, 2.05) is 18.5 Å². The number of carbonyl (C=O) groups excluding carboxylic acids is 1. The molecule has 6 nitrogen and oxygen atoms in total. The molecule has 1 aliphatic rings. The second kappa shape index (κ2) is 8.41. The van der Waals surface area contributed by atoms with E-state index in [0.29, 0.717) is 11.0 Å². The van der Waals surface area contributed by atoms with E-state index < -0.39 is 0 Å². The van der Waals surface area contributed by atoms with E-state index in [1.165, 1.54) is 29.4 Å². The van der Waals surface area contributed by atoms with E-state index in [2.05, 4.69) is 43.9 Å². The van der Waals surface area contributed by atoms with Gasteiger partial charge in [-0.3, -0.25) is 14.7 Å². The highest BCUT2D eigenvalue weighted by atomic mass is 32.1. The summed E-state index contributed by atoms with van der Waals surface area (Å²) in [5.74, 6) is 0.595. The van der Waals surface area contributed by atoms with Gasteiger partial charge in [-0.25, -0.2) is 4.98 Å². The van der Waals surface area contributed by atoms with Crippen molar-refractivity contribution in [3.63, 3.8) is 0 Å². The first kappa shape index (κ1) is 19.9. The van der Waals surface area contributed by atoms with Gasteiger partial charge < -0.3 is 9.88 Å². The Kier molecular flexibility index (Phi) is 6.18. The number of fused-ring (bicyclic) bond motifs is 1. The van der Waals surface area contributed by atoms with Crippen LogP contribution in [0.2, 0.25) is 0 Å². The Balaban J connectivity index is 0.00000210. The summed E-state index contributed by atoms with van der Waals surface area (Å²) in [6, 6.07) is 6.35. The molecule has 4 rings (SSSR count). The quantitative estimate of drug-likeness (QED) is 0.711. The van der Waals surface area contributed by atoms with E-state index in [1.54, 1.807) is 11.3 Å². The summed E-state index contributed by atoms with van der Waals surface area (Å²) < 4.78 is 2.27. The third-order valence-electron chi connectivity index (χ3n) is 5.00. The van der Waals surface area contributed by atoms with Crippen LogP contribution >= 0.6 is 24.8 Å². The molecule has 3 aromatic rings. The molecule has 0 aromatic carbocycles. The Morgan fingerprint density at radius 3 is 3.04 bits per heavy atom. The number of aromatic nitrogens is 3. The van der Waals surface area contributed by atoms with Gasteiger partial charge in [-0.05, 0) is 43.5 Å². The van der Waals surface area contributed by atoms with Gasteiger partial charge in [-0.1, -0.05) is 0 Å². The minimum absolute atomic E-state index is 0. The average molecular weight is 404 g/mol. The molecule has 0 saturated carbocycles. The van der Waals surface area contributed by atoms with Crippen LogP contribution in [0.4, 0.5) is 5.13 Å². The summed E-state index contributed by atoms with van der Waals surface area (Å²) >= 11 is 1.56. The molecule has 1 fully saturated rings. The lowest BCUT2D eigenvalue weighted by atomic mass is 10.0.